The molecule has 0 atom stereocenters. The number of carbonyl (C=O) groups is 1. The first-order valence-electron chi connectivity index (χ1n) is 6.91. The van der Waals surface area contributed by atoms with Crippen molar-refractivity contribution in [2.75, 3.05) is 5.32 Å². The average molecular weight is 327 g/mol. The predicted octanol–water partition coefficient (Wildman–Crippen LogP) is 4.85. The van der Waals surface area contributed by atoms with E-state index in [9.17, 15) is 9.18 Å². The molecular formula is C18H12ClFN2O. The van der Waals surface area contributed by atoms with Gasteiger partial charge in [0.25, 0.3) is 0 Å². The molecule has 0 fully saturated rings. The molecule has 3 nitrogen and oxygen atoms in total. The van der Waals surface area contributed by atoms with Gasteiger partial charge in [-0.15, -0.1) is 0 Å². The molecule has 0 saturated heterocycles. The molecule has 2 aromatic carbocycles. The van der Waals surface area contributed by atoms with Crippen molar-refractivity contribution in [3.63, 3.8) is 0 Å². The van der Waals surface area contributed by atoms with Crippen molar-refractivity contribution in [1.82, 2.24) is 4.98 Å². The normalized spacial score (nSPS) is 10.3. The predicted molar refractivity (Wildman–Crippen MR) is 88.8 cm³/mol. The molecule has 1 N–H and O–H groups in total. The second kappa shape index (κ2) is 6.58. The standard InChI is InChI=1S/C18H12ClFN2O/c19-17-10-16(15(20)11-21-17)22-14-8-4-7-13(9-14)18(23)12-5-2-1-3-6-12/h1-11H,(H,21,22). The van der Waals surface area contributed by atoms with Gasteiger partial charge in [-0.25, -0.2) is 9.37 Å². The Balaban J connectivity index is 1.88. The number of benzene rings is 2. The number of hydrogen-bond donors (Lipinski definition) is 1. The Kier molecular flexibility index (Phi) is 4.35. The van der Waals surface area contributed by atoms with Gasteiger partial charge in [-0.2, -0.15) is 0 Å². The van der Waals surface area contributed by atoms with Gasteiger partial charge in [-0.3, -0.25) is 4.79 Å². The molecule has 23 heavy (non-hydrogen) atoms. The Morgan fingerprint density at radius 3 is 2.52 bits per heavy atom. The summed E-state index contributed by atoms with van der Waals surface area (Å²) in [5.74, 6) is -0.614. The monoisotopic (exact) mass is 326 g/mol. The summed E-state index contributed by atoms with van der Waals surface area (Å²) in [5, 5.41) is 3.09. The molecule has 0 spiro atoms. The van der Waals surface area contributed by atoms with Crippen molar-refractivity contribution >= 4 is 28.8 Å². The highest BCUT2D eigenvalue weighted by Crippen LogP contribution is 2.23. The topological polar surface area (TPSA) is 42.0 Å². The highest BCUT2D eigenvalue weighted by Gasteiger charge is 2.10. The smallest absolute Gasteiger partial charge is 0.193 e. The third-order valence-electron chi connectivity index (χ3n) is 3.26. The van der Waals surface area contributed by atoms with Gasteiger partial charge in [-0.05, 0) is 12.1 Å². The first-order valence-corrected chi connectivity index (χ1v) is 7.29. The molecule has 5 heteroatoms. The van der Waals surface area contributed by atoms with Crippen molar-refractivity contribution in [3.05, 3.63) is 89.0 Å². The molecule has 0 aliphatic rings. The zero-order valence-corrected chi connectivity index (χ0v) is 12.7. The molecule has 0 amide bonds. The number of aromatic nitrogens is 1. The first kappa shape index (κ1) is 15.2. The van der Waals surface area contributed by atoms with Crippen molar-refractivity contribution in [2.45, 2.75) is 0 Å². The van der Waals surface area contributed by atoms with Gasteiger partial charge in [0, 0.05) is 22.9 Å². The van der Waals surface area contributed by atoms with Crippen LogP contribution in [-0.2, 0) is 0 Å². The maximum absolute atomic E-state index is 13.7. The van der Waals surface area contributed by atoms with Crippen LogP contribution in [0.3, 0.4) is 0 Å². The van der Waals surface area contributed by atoms with Crippen LogP contribution < -0.4 is 5.32 Å². The number of nitrogens with one attached hydrogen (secondary N) is 1. The van der Waals surface area contributed by atoms with E-state index in [0.29, 0.717) is 16.8 Å². The SMILES string of the molecule is O=C(c1ccccc1)c1cccc(Nc2cc(Cl)ncc2F)c1. The van der Waals surface area contributed by atoms with Gasteiger partial charge >= 0.3 is 0 Å². The van der Waals surface area contributed by atoms with Crippen LogP contribution in [0.5, 0.6) is 0 Å². The molecule has 1 aromatic heterocycles. The van der Waals surface area contributed by atoms with Gasteiger partial charge in [0.15, 0.2) is 11.6 Å². The van der Waals surface area contributed by atoms with E-state index < -0.39 is 5.82 Å². The zero-order chi connectivity index (χ0) is 16.2. The van der Waals surface area contributed by atoms with Gasteiger partial charge in [0.1, 0.15) is 5.15 Å². The molecule has 3 rings (SSSR count). The average Bonchev–Trinajstić information content (AvgIpc) is 2.58. The van der Waals surface area contributed by atoms with Crippen LogP contribution in [0.4, 0.5) is 15.8 Å². The number of rotatable bonds is 4. The van der Waals surface area contributed by atoms with Crippen molar-refractivity contribution in [1.29, 1.82) is 0 Å². The lowest BCUT2D eigenvalue weighted by atomic mass is 10.0. The third kappa shape index (κ3) is 3.55. The lowest BCUT2D eigenvalue weighted by molar-refractivity contribution is 0.103. The minimum atomic E-state index is -0.519. The van der Waals surface area contributed by atoms with E-state index in [1.54, 1.807) is 36.4 Å². The minimum Gasteiger partial charge on any atom is -0.353 e. The molecule has 3 aromatic rings. The van der Waals surface area contributed by atoms with E-state index >= 15 is 0 Å². The maximum Gasteiger partial charge on any atom is 0.193 e. The molecule has 114 valence electrons. The summed E-state index contributed by atoms with van der Waals surface area (Å²) in [6.45, 7) is 0. The Morgan fingerprint density at radius 1 is 1.00 bits per heavy atom. The highest BCUT2D eigenvalue weighted by atomic mass is 35.5. The number of halogens is 2. The van der Waals surface area contributed by atoms with Crippen molar-refractivity contribution < 1.29 is 9.18 Å². The van der Waals surface area contributed by atoms with E-state index in [1.165, 1.54) is 6.07 Å². The van der Waals surface area contributed by atoms with E-state index in [2.05, 4.69) is 10.3 Å². The summed E-state index contributed by atoms with van der Waals surface area (Å²) >= 11 is 5.77. The van der Waals surface area contributed by atoms with Gasteiger partial charge < -0.3 is 5.32 Å². The number of anilines is 2. The summed E-state index contributed by atoms with van der Waals surface area (Å²) in [6, 6.07) is 17.2. The fourth-order valence-electron chi connectivity index (χ4n) is 2.16. The number of hydrogen-bond acceptors (Lipinski definition) is 3. The molecule has 0 saturated carbocycles. The molecule has 0 unspecified atom stereocenters. The van der Waals surface area contributed by atoms with Crippen LogP contribution in [0.15, 0.2) is 66.9 Å². The van der Waals surface area contributed by atoms with E-state index in [0.717, 1.165) is 6.20 Å². The van der Waals surface area contributed by atoms with Crippen LogP contribution in [0.25, 0.3) is 0 Å². The quantitative estimate of drug-likeness (QED) is 0.550. The second-order valence-corrected chi connectivity index (χ2v) is 5.28. The molecule has 0 radical (unpaired) electrons. The molecule has 0 aliphatic heterocycles. The van der Waals surface area contributed by atoms with Crippen molar-refractivity contribution in [2.24, 2.45) is 0 Å². The van der Waals surface area contributed by atoms with Crippen LogP contribution in [0, 0.1) is 5.82 Å². The number of ketones is 1. The van der Waals surface area contributed by atoms with E-state index in [4.69, 9.17) is 11.6 Å². The van der Waals surface area contributed by atoms with Crippen LogP contribution in [-0.4, -0.2) is 10.8 Å². The summed E-state index contributed by atoms with van der Waals surface area (Å²) in [6.07, 6.45) is 1.05. The Morgan fingerprint density at radius 2 is 1.74 bits per heavy atom. The molecular weight excluding hydrogens is 315 g/mol. The summed E-state index contributed by atoms with van der Waals surface area (Å²) < 4.78 is 13.7. The van der Waals surface area contributed by atoms with Crippen LogP contribution in [0.1, 0.15) is 15.9 Å². The largest absolute Gasteiger partial charge is 0.353 e. The summed E-state index contributed by atoms with van der Waals surface area (Å²) in [7, 11) is 0. The number of pyridine rings is 1. The maximum atomic E-state index is 13.7. The highest BCUT2D eigenvalue weighted by molar-refractivity contribution is 6.29. The lowest BCUT2D eigenvalue weighted by Crippen LogP contribution is -2.02. The molecule has 0 bridgehead atoms. The number of carbonyl (C=O) groups excluding carboxylic acids is 1. The Bertz CT molecular complexity index is 853. The molecule has 1 heterocycles. The fourth-order valence-corrected chi connectivity index (χ4v) is 2.32. The van der Waals surface area contributed by atoms with E-state index in [1.807, 2.05) is 18.2 Å². The lowest BCUT2D eigenvalue weighted by Gasteiger charge is -2.09. The number of nitrogens with zero attached hydrogens (tertiary/aromatic N) is 1. The molecule has 0 aliphatic carbocycles. The van der Waals surface area contributed by atoms with Crippen molar-refractivity contribution in [3.8, 4) is 0 Å². The van der Waals surface area contributed by atoms with Crippen LogP contribution in [0.2, 0.25) is 5.15 Å². The fraction of sp³-hybridized carbons (Fsp3) is 0. The summed E-state index contributed by atoms with van der Waals surface area (Å²) in [4.78, 5) is 16.1. The third-order valence-corrected chi connectivity index (χ3v) is 3.47. The first-order chi connectivity index (χ1) is 11.1. The Labute approximate surface area is 137 Å². The van der Waals surface area contributed by atoms with Crippen LogP contribution >= 0.6 is 11.6 Å². The summed E-state index contributed by atoms with van der Waals surface area (Å²) in [5.41, 5.74) is 1.91. The second-order valence-electron chi connectivity index (χ2n) is 4.89. The van der Waals surface area contributed by atoms with E-state index in [-0.39, 0.29) is 16.6 Å². The Hall–Kier alpha value is -2.72. The van der Waals surface area contributed by atoms with Gasteiger partial charge in [0.05, 0.1) is 11.9 Å². The zero-order valence-electron chi connectivity index (χ0n) is 12.0. The van der Waals surface area contributed by atoms with Gasteiger partial charge in [0.2, 0.25) is 0 Å². The minimum absolute atomic E-state index is 0.0949. The van der Waals surface area contributed by atoms with Gasteiger partial charge in [-0.1, -0.05) is 54.1 Å².